The smallest absolute Gasteiger partial charge is 0.254 e. The lowest BCUT2D eigenvalue weighted by Crippen LogP contribution is -2.43. The highest BCUT2D eigenvalue weighted by atomic mass is 16.2. The van der Waals surface area contributed by atoms with Gasteiger partial charge in [0.2, 0.25) is 5.91 Å². The maximum Gasteiger partial charge on any atom is 0.254 e. The van der Waals surface area contributed by atoms with Crippen LogP contribution in [-0.2, 0) is 18.3 Å². The predicted molar refractivity (Wildman–Crippen MR) is 112 cm³/mol. The van der Waals surface area contributed by atoms with Gasteiger partial charge < -0.3 is 14.8 Å². The zero-order valence-corrected chi connectivity index (χ0v) is 16.7. The molecule has 0 radical (unpaired) electrons. The fraction of sp³-hybridized carbons (Fsp3) is 0.348. The predicted octanol–water partition coefficient (Wildman–Crippen LogP) is 2.78. The van der Waals surface area contributed by atoms with Crippen LogP contribution in [0.15, 0.2) is 54.9 Å². The Morgan fingerprint density at radius 1 is 1.10 bits per heavy atom. The van der Waals surface area contributed by atoms with Crippen LogP contribution in [0.5, 0.6) is 0 Å². The van der Waals surface area contributed by atoms with Crippen molar-refractivity contribution in [1.29, 1.82) is 0 Å². The zero-order chi connectivity index (χ0) is 20.2. The van der Waals surface area contributed by atoms with Gasteiger partial charge >= 0.3 is 0 Å². The number of rotatable bonds is 5. The minimum absolute atomic E-state index is 0.0343. The van der Waals surface area contributed by atoms with Crippen LogP contribution in [0.3, 0.4) is 0 Å². The van der Waals surface area contributed by atoms with E-state index in [9.17, 15) is 9.59 Å². The van der Waals surface area contributed by atoms with E-state index < -0.39 is 0 Å². The zero-order valence-electron chi connectivity index (χ0n) is 16.7. The first-order valence-corrected chi connectivity index (χ1v) is 10.1. The van der Waals surface area contributed by atoms with Gasteiger partial charge in [-0.2, -0.15) is 0 Å². The van der Waals surface area contributed by atoms with E-state index in [2.05, 4.69) is 10.3 Å². The van der Waals surface area contributed by atoms with Gasteiger partial charge in [0.25, 0.3) is 5.91 Å². The first-order chi connectivity index (χ1) is 14.1. The number of hydrogen-bond acceptors (Lipinski definition) is 3. The molecule has 0 bridgehead atoms. The number of fused-ring (bicyclic) bond motifs is 1. The number of nitrogens with one attached hydrogen (secondary N) is 1. The van der Waals surface area contributed by atoms with Crippen LogP contribution in [0.2, 0.25) is 0 Å². The summed E-state index contributed by atoms with van der Waals surface area (Å²) in [5, 5.41) is 5.07. The van der Waals surface area contributed by atoms with Gasteiger partial charge in [0, 0.05) is 57.0 Å². The van der Waals surface area contributed by atoms with Crippen LogP contribution >= 0.6 is 0 Å². The molecule has 0 atom stereocenters. The lowest BCUT2D eigenvalue weighted by molar-refractivity contribution is -0.126. The summed E-state index contributed by atoms with van der Waals surface area (Å²) in [5.74, 6) is 1.06. The van der Waals surface area contributed by atoms with Crippen molar-refractivity contribution in [3.8, 4) is 0 Å². The van der Waals surface area contributed by atoms with Gasteiger partial charge in [0.1, 0.15) is 5.82 Å². The third-order valence-electron chi connectivity index (χ3n) is 5.74. The Balaban J connectivity index is 1.31. The van der Waals surface area contributed by atoms with Gasteiger partial charge in [0.15, 0.2) is 0 Å². The highest BCUT2D eigenvalue weighted by molar-refractivity contribution is 6.07. The van der Waals surface area contributed by atoms with Crippen molar-refractivity contribution in [1.82, 2.24) is 19.8 Å². The molecule has 1 aliphatic heterocycles. The Kier molecular flexibility index (Phi) is 5.60. The summed E-state index contributed by atoms with van der Waals surface area (Å²) >= 11 is 0. The fourth-order valence-electron chi connectivity index (χ4n) is 4.01. The van der Waals surface area contributed by atoms with E-state index in [1.165, 1.54) is 0 Å². The van der Waals surface area contributed by atoms with Crippen molar-refractivity contribution in [2.75, 3.05) is 19.6 Å². The quantitative estimate of drug-likeness (QED) is 0.728. The van der Waals surface area contributed by atoms with Gasteiger partial charge in [-0.3, -0.25) is 9.59 Å². The lowest BCUT2D eigenvalue weighted by atomic mass is 9.94. The van der Waals surface area contributed by atoms with Crippen molar-refractivity contribution in [3.05, 3.63) is 66.2 Å². The minimum Gasteiger partial charge on any atom is -0.355 e. The van der Waals surface area contributed by atoms with Gasteiger partial charge in [-0.25, -0.2) is 4.98 Å². The molecule has 6 nitrogen and oxygen atoms in total. The van der Waals surface area contributed by atoms with E-state index in [-0.39, 0.29) is 17.7 Å². The fourth-order valence-corrected chi connectivity index (χ4v) is 4.01. The molecule has 2 heterocycles. The topological polar surface area (TPSA) is 67.2 Å². The molecule has 0 aliphatic carbocycles. The Morgan fingerprint density at radius 2 is 1.86 bits per heavy atom. The number of piperidine rings is 1. The SMILES string of the molecule is Cn1ccnc1CCNC(=O)C1CCN(C(=O)c2cccc3ccccc23)CC1. The third kappa shape index (κ3) is 4.16. The van der Waals surface area contributed by atoms with Crippen LogP contribution in [-0.4, -0.2) is 45.9 Å². The summed E-state index contributed by atoms with van der Waals surface area (Å²) in [6, 6.07) is 13.8. The molecule has 2 aromatic carbocycles. The Bertz CT molecular complexity index is 1010. The molecule has 0 saturated carbocycles. The number of imidazole rings is 1. The van der Waals surface area contributed by atoms with Gasteiger partial charge in [-0.15, -0.1) is 0 Å². The lowest BCUT2D eigenvalue weighted by Gasteiger charge is -2.31. The molecule has 150 valence electrons. The van der Waals surface area contributed by atoms with E-state index in [1.807, 2.05) is 65.2 Å². The summed E-state index contributed by atoms with van der Waals surface area (Å²) in [4.78, 5) is 31.7. The molecule has 1 saturated heterocycles. The van der Waals surface area contributed by atoms with Crippen LogP contribution in [0.1, 0.15) is 29.0 Å². The molecule has 0 unspecified atom stereocenters. The Morgan fingerprint density at radius 3 is 2.62 bits per heavy atom. The number of aromatic nitrogens is 2. The average molecular weight is 390 g/mol. The van der Waals surface area contributed by atoms with Crippen LogP contribution in [0.25, 0.3) is 10.8 Å². The van der Waals surface area contributed by atoms with Gasteiger partial charge in [-0.05, 0) is 29.7 Å². The van der Waals surface area contributed by atoms with E-state index in [4.69, 9.17) is 0 Å². The largest absolute Gasteiger partial charge is 0.355 e. The average Bonchev–Trinajstić information content (AvgIpc) is 3.17. The monoisotopic (exact) mass is 390 g/mol. The minimum atomic E-state index is -0.0343. The number of carbonyl (C=O) groups is 2. The van der Waals surface area contributed by atoms with Crippen molar-refractivity contribution in [2.45, 2.75) is 19.3 Å². The molecule has 3 aromatic rings. The molecule has 6 heteroatoms. The van der Waals surface area contributed by atoms with Crippen LogP contribution in [0, 0.1) is 5.92 Å². The molecular weight excluding hydrogens is 364 g/mol. The number of carbonyl (C=O) groups excluding carboxylic acids is 2. The van der Waals surface area contributed by atoms with E-state index in [0.717, 1.165) is 22.2 Å². The summed E-state index contributed by atoms with van der Waals surface area (Å²) in [5.41, 5.74) is 0.737. The number of nitrogens with zero attached hydrogens (tertiary/aromatic N) is 3. The Hall–Kier alpha value is -3.15. The second kappa shape index (κ2) is 8.47. The third-order valence-corrected chi connectivity index (χ3v) is 5.74. The van der Waals surface area contributed by atoms with E-state index in [0.29, 0.717) is 38.9 Å². The molecule has 1 N–H and O–H groups in total. The molecular formula is C23H26N4O2. The molecule has 0 spiro atoms. The molecule has 1 aliphatic rings. The number of amides is 2. The van der Waals surface area contributed by atoms with Crippen molar-refractivity contribution >= 4 is 22.6 Å². The van der Waals surface area contributed by atoms with Crippen LogP contribution < -0.4 is 5.32 Å². The van der Waals surface area contributed by atoms with Gasteiger partial charge in [-0.1, -0.05) is 36.4 Å². The molecule has 2 amide bonds. The van der Waals surface area contributed by atoms with Crippen molar-refractivity contribution in [2.24, 2.45) is 13.0 Å². The first-order valence-electron chi connectivity index (χ1n) is 10.1. The van der Waals surface area contributed by atoms with Gasteiger partial charge in [0.05, 0.1) is 0 Å². The summed E-state index contributed by atoms with van der Waals surface area (Å²) in [7, 11) is 1.95. The Labute approximate surface area is 170 Å². The number of aryl methyl sites for hydroxylation is 1. The number of likely N-dealkylation sites (tertiary alicyclic amines) is 1. The molecule has 4 rings (SSSR count). The maximum absolute atomic E-state index is 13.0. The molecule has 29 heavy (non-hydrogen) atoms. The molecule has 1 aromatic heterocycles. The summed E-state index contributed by atoms with van der Waals surface area (Å²) in [6.07, 6.45) is 5.78. The molecule has 1 fully saturated rings. The highest BCUT2D eigenvalue weighted by Gasteiger charge is 2.28. The van der Waals surface area contributed by atoms with E-state index >= 15 is 0 Å². The normalized spacial score (nSPS) is 14.9. The van der Waals surface area contributed by atoms with Crippen molar-refractivity contribution in [3.63, 3.8) is 0 Å². The second-order valence-corrected chi connectivity index (χ2v) is 7.59. The standard InChI is InChI=1S/C23H26N4O2/c1-26-16-13-24-21(26)9-12-25-22(28)18-10-14-27(15-11-18)23(29)20-8-4-6-17-5-2-3-7-19(17)20/h2-8,13,16,18H,9-12,14-15H2,1H3,(H,25,28). The van der Waals surface area contributed by atoms with Crippen LogP contribution in [0.4, 0.5) is 0 Å². The number of hydrogen-bond donors (Lipinski definition) is 1. The highest BCUT2D eigenvalue weighted by Crippen LogP contribution is 2.23. The second-order valence-electron chi connectivity index (χ2n) is 7.59. The van der Waals surface area contributed by atoms with Crippen molar-refractivity contribution < 1.29 is 9.59 Å². The summed E-state index contributed by atoms with van der Waals surface area (Å²) in [6.45, 7) is 1.80. The first kappa shape index (κ1) is 19.2. The number of benzene rings is 2. The van der Waals surface area contributed by atoms with E-state index in [1.54, 1.807) is 6.20 Å². The summed E-state index contributed by atoms with van der Waals surface area (Å²) < 4.78 is 1.96. The maximum atomic E-state index is 13.0.